The number of nitro groups is 1. The number of nitrogens with zero attached hydrogens (tertiary/aromatic N) is 2. The minimum absolute atomic E-state index is 0.0721. The topological polar surface area (TPSA) is 77.2 Å². The summed E-state index contributed by atoms with van der Waals surface area (Å²) < 4.78 is 2.25. The van der Waals surface area contributed by atoms with E-state index in [4.69, 9.17) is 0 Å². The molecule has 1 rings (SSSR count). The van der Waals surface area contributed by atoms with Crippen LogP contribution in [0.25, 0.3) is 0 Å². The van der Waals surface area contributed by atoms with Gasteiger partial charge in [-0.05, 0) is 0 Å². The predicted octanol–water partition coefficient (Wildman–Crippen LogP) is 1.10. The summed E-state index contributed by atoms with van der Waals surface area (Å²) in [6, 6.07) is 1.27. The van der Waals surface area contributed by atoms with Crippen LogP contribution in [0.5, 0.6) is 0 Å². The SMILES string of the molecule is Cn1cc([N+](=O)[O-])cc1C(=O)NCCI. The van der Waals surface area contributed by atoms with Crippen LogP contribution >= 0.6 is 22.6 Å². The molecule has 15 heavy (non-hydrogen) atoms. The zero-order chi connectivity index (χ0) is 11.4. The summed E-state index contributed by atoms with van der Waals surface area (Å²) in [5, 5.41) is 13.1. The molecule has 0 unspecified atom stereocenters. The van der Waals surface area contributed by atoms with Crippen LogP contribution in [-0.4, -0.2) is 26.4 Å². The summed E-state index contributed by atoms with van der Waals surface area (Å²) in [5.41, 5.74) is 0.226. The van der Waals surface area contributed by atoms with Crippen LogP contribution < -0.4 is 5.32 Å². The van der Waals surface area contributed by atoms with E-state index in [2.05, 4.69) is 27.9 Å². The maximum absolute atomic E-state index is 11.5. The second-order valence-electron chi connectivity index (χ2n) is 2.90. The Balaban J connectivity index is 2.85. The van der Waals surface area contributed by atoms with Crippen LogP contribution in [-0.2, 0) is 7.05 Å². The first-order valence-electron chi connectivity index (χ1n) is 4.21. The van der Waals surface area contributed by atoms with Crippen molar-refractivity contribution in [1.82, 2.24) is 9.88 Å². The highest BCUT2D eigenvalue weighted by Gasteiger charge is 2.16. The molecule has 0 aliphatic rings. The van der Waals surface area contributed by atoms with Gasteiger partial charge in [-0.3, -0.25) is 14.9 Å². The molecule has 0 atom stereocenters. The van der Waals surface area contributed by atoms with Gasteiger partial charge in [-0.2, -0.15) is 0 Å². The van der Waals surface area contributed by atoms with Crippen LogP contribution in [0.1, 0.15) is 10.5 Å². The van der Waals surface area contributed by atoms with Gasteiger partial charge in [0, 0.05) is 24.1 Å². The number of amides is 1. The summed E-state index contributed by atoms with van der Waals surface area (Å²) in [6.07, 6.45) is 1.32. The number of rotatable bonds is 4. The predicted molar refractivity (Wildman–Crippen MR) is 63.3 cm³/mol. The van der Waals surface area contributed by atoms with Gasteiger partial charge >= 0.3 is 0 Å². The van der Waals surface area contributed by atoms with E-state index >= 15 is 0 Å². The minimum Gasteiger partial charge on any atom is -0.350 e. The fourth-order valence-corrected chi connectivity index (χ4v) is 1.39. The van der Waals surface area contributed by atoms with Crippen molar-refractivity contribution < 1.29 is 9.72 Å². The van der Waals surface area contributed by atoms with Crippen molar-refractivity contribution >= 4 is 34.2 Å². The van der Waals surface area contributed by atoms with Crippen molar-refractivity contribution in [3.63, 3.8) is 0 Å². The lowest BCUT2D eigenvalue weighted by Gasteiger charge is -2.02. The number of carbonyl (C=O) groups is 1. The molecule has 0 aromatic carbocycles. The molecule has 6 nitrogen and oxygen atoms in total. The fraction of sp³-hybridized carbons (Fsp3) is 0.375. The highest BCUT2D eigenvalue weighted by atomic mass is 127. The summed E-state index contributed by atoms with van der Waals surface area (Å²) >= 11 is 2.13. The molecule has 1 aromatic heterocycles. The van der Waals surface area contributed by atoms with Gasteiger partial charge in [0.2, 0.25) is 0 Å². The highest BCUT2D eigenvalue weighted by molar-refractivity contribution is 14.1. The molecule has 1 amide bonds. The number of hydrogen-bond donors (Lipinski definition) is 1. The van der Waals surface area contributed by atoms with E-state index in [9.17, 15) is 14.9 Å². The molecule has 0 bridgehead atoms. The molecule has 1 heterocycles. The summed E-state index contributed by atoms with van der Waals surface area (Å²) in [7, 11) is 1.60. The van der Waals surface area contributed by atoms with Crippen LogP contribution in [0.3, 0.4) is 0 Å². The Bertz CT molecular complexity index is 388. The zero-order valence-electron chi connectivity index (χ0n) is 8.07. The minimum atomic E-state index is -0.519. The molecule has 0 spiro atoms. The van der Waals surface area contributed by atoms with Crippen molar-refractivity contribution in [2.75, 3.05) is 11.0 Å². The smallest absolute Gasteiger partial charge is 0.287 e. The molecule has 1 N–H and O–H groups in total. The third-order valence-corrected chi connectivity index (χ3v) is 2.35. The van der Waals surface area contributed by atoms with E-state index in [1.54, 1.807) is 7.05 Å². The summed E-state index contributed by atoms with van der Waals surface area (Å²) in [5.74, 6) is -0.290. The normalized spacial score (nSPS) is 10.0. The number of hydrogen-bond acceptors (Lipinski definition) is 3. The third kappa shape index (κ3) is 2.91. The molecule has 82 valence electrons. The lowest BCUT2D eigenvalue weighted by Crippen LogP contribution is -2.26. The number of aryl methyl sites for hydroxylation is 1. The van der Waals surface area contributed by atoms with Crippen molar-refractivity contribution in [3.8, 4) is 0 Å². The van der Waals surface area contributed by atoms with Gasteiger partial charge in [-0.15, -0.1) is 0 Å². The largest absolute Gasteiger partial charge is 0.350 e. The van der Waals surface area contributed by atoms with Crippen LogP contribution in [0, 0.1) is 10.1 Å². The monoisotopic (exact) mass is 323 g/mol. The molecule has 0 aliphatic carbocycles. The van der Waals surface area contributed by atoms with Crippen molar-refractivity contribution in [2.24, 2.45) is 7.05 Å². The Morgan fingerprint density at radius 2 is 2.40 bits per heavy atom. The Kier molecular flexibility index (Phi) is 4.06. The van der Waals surface area contributed by atoms with Gasteiger partial charge in [-0.1, -0.05) is 22.6 Å². The zero-order valence-corrected chi connectivity index (χ0v) is 10.2. The fourth-order valence-electron chi connectivity index (χ4n) is 1.12. The Labute approximate surface area is 99.9 Å². The van der Waals surface area contributed by atoms with E-state index in [1.165, 1.54) is 16.8 Å². The first-order valence-corrected chi connectivity index (χ1v) is 5.73. The number of halogens is 1. The van der Waals surface area contributed by atoms with E-state index in [0.29, 0.717) is 12.2 Å². The molecule has 0 fully saturated rings. The molecule has 0 aliphatic heterocycles. The van der Waals surface area contributed by atoms with Crippen molar-refractivity contribution in [2.45, 2.75) is 0 Å². The number of aromatic nitrogens is 1. The van der Waals surface area contributed by atoms with Gasteiger partial charge in [0.25, 0.3) is 11.6 Å². The quantitative estimate of drug-likeness (QED) is 0.390. The lowest BCUT2D eigenvalue weighted by molar-refractivity contribution is -0.384. The molecule has 0 saturated carbocycles. The lowest BCUT2D eigenvalue weighted by atomic mass is 10.4. The molecule has 0 radical (unpaired) electrons. The van der Waals surface area contributed by atoms with E-state index in [-0.39, 0.29) is 11.6 Å². The molecular formula is C8H10IN3O3. The second-order valence-corrected chi connectivity index (χ2v) is 3.98. The van der Waals surface area contributed by atoms with E-state index < -0.39 is 4.92 Å². The van der Waals surface area contributed by atoms with Gasteiger partial charge < -0.3 is 9.88 Å². The van der Waals surface area contributed by atoms with Gasteiger partial charge in [-0.25, -0.2) is 0 Å². The van der Waals surface area contributed by atoms with Crippen LogP contribution in [0.2, 0.25) is 0 Å². The van der Waals surface area contributed by atoms with Gasteiger partial charge in [0.1, 0.15) is 5.69 Å². The van der Waals surface area contributed by atoms with Gasteiger partial charge in [0.05, 0.1) is 11.1 Å². The van der Waals surface area contributed by atoms with Crippen molar-refractivity contribution in [3.05, 3.63) is 28.1 Å². The summed E-state index contributed by atoms with van der Waals surface area (Å²) in [6.45, 7) is 0.554. The van der Waals surface area contributed by atoms with E-state index in [0.717, 1.165) is 4.43 Å². The number of alkyl halides is 1. The Morgan fingerprint density at radius 3 is 2.87 bits per heavy atom. The second kappa shape index (κ2) is 5.10. The standard InChI is InChI=1S/C8H10IN3O3/c1-11-5-6(12(14)15)4-7(11)8(13)10-3-2-9/h4-5H,2-3H2,1H3,(H,10,13). The molecule has 7 heteroatoms. The number of nitrogens with one attached hydrogen (secondary N) is 1. The average Bonchev–Trinajstić information content (AvgIpc) is 2.57. The van der Waals surface area contributed by atoms with Crippen molar-refractivity contribution in [1.29, 1.82) is 0 Å². The van der Waals surface area contributed by atoms with Gasteiger partial charge in [0.15, 0.2) is 0 Å². The average molecular weight is 323 g/mol. The first kappa shape index (κ1) is 12.0. The highest BCUT2D eigenvalue weighted by Crippen LogP contribution is 2.14. The molecule has 0 saturated heterocycles. The maximum atomic E-state index is 11.5. The van der Waals surface area contributed by atoms with E-state index in [1.807, 2.05) is 0 Å². The first-order chi connectivity index (χ1) is 7.06. The number of carbonyl (C=O) groups excluding carboxylic acids is 1. The Morgan fingerprint density at radius 1 is 1.73 bits per heavy atom. The molecular weight excluding hydrogens is 313 g/mol. The molecule has 1 aromatic rings. The van der Waals surface area contributed by atoms with Crippen LogP contribution in [0.4, 0.5) is 5.69 Å². The maximum Gasteiger partial charge on any atom is 0.287 e. The Hall–Kier alpha value is -1.12. The van der Waals surface area contributed by atoms with Crippen LogP contribution in [0.15, 0.2) is 12.3 Å². The summed E-state index contributed by atoms with van der Waals surface area (Å²) in [4.78, 5) is 21.4. The third-order valence-electron chi connectivity index (χ3n) is 1.81.